The number of halogens is 3. The predicted molar refractivity (Wildman–Crippen MR) is 117 cm³/mol. The third-order valence-electron chi connectivity index (χ3n) is 4.17. The molecule has 0 aromatic heterocycles. The first kappa shape index (κ1) is 23.6. The highest BCUT2D eigenvalue weighted by Gasteiger charge is 2.31. The fourth-order valence-electron chi connectivity index (χ4n) is 2.76. The number of nitrogens with one attached hydrogen (secondary N) is 1. The zero-order valence-electron chi connectivity index (χ0n) is 15.9. The Hall–Kier alpha value is -1.67. The zero-order chi connectivity index (χ0) is 21.6. The van der Waals surface area contributed by atoms with Crippen molar-refractivity contribution >= 4 is 56.6 Å². The Morgan fingerprint density at radius 2 is 1.72 bits per heavy atom. The van der Waals surface area contributed by atoms with Crippen molar-refractivity contribution in [1.82, 2.24) is 5.32 Å². The molecule has 0 aliphatic carbocycles. The van der Waals surface area contributed by atoms with E-state index in [1.165, 1.54) is 41.7 Å². The Morgan fingerprint density at radius 1 is 1.10 bits per heavy atom. The van der Waals surface area contributed by atoms with Crippen LogP contribution < -0.4 is 9.62 Å². The maximum atomic E-state index is 13.4. The van der Waals surface area contributed by atoms with E-state index in [0.717, 1.165) is 0 Å². The van der Waals surface area contributed by atoms with Crippen LogP contribution in [0.5, 0.6) is 0 Å². The van der Waals surface area contributed by atoms with Gasteiger partial charge in [0, 0.05) is 22.6 Å². The van der Waals surface area contributed by atoms with Crippen LogP contribution in [0.15, 0.2) is 47.4 Å². The average Bonchev–Trinajstić information content (AvgIpc) is 2.68. The zero-order valence-corrected chi connectivity index (χ0v) is 18.9. The number of carbonyl (C=O) groups is 1. The van der Waals surface area contributed by atoms with Gasteiger partial charge in [0.25, 0.3) is 10.0 Å². The molecule has 2 aromatic rings. The molecule has 6 nitrogen and oxygen atoms in total. The Balaban J connectivity index is 2.37. The van der Waals surface area contributed by atoms with Gasteiger partial charge in [0.2, 0.25) is 0 Å². The van der Waals surface area contributed by atoms with Crippen molar-refractivity contribution in [3.63, 3.8) is 0 Å². The Labute approximate surface area is 185 Å². The molecule has 29 heavy (non-hydrogen) atoms. The van der Waals surface area contributed by atoms with Gasteiger partial charge in [-0.05, 0) is 62.2 Å². The highest BCUT2D eigenvalue weighted by Crippen LogP contribution is 2.35. The van der Waals surface area contributed by atoms with E-state index in [-0.39, 0.29) is 15.6 Å². The van der Waals surface area contributed by atoms with E-state index < -0.39 is 22.2 Å². The van der Waals surface area contributed by atoms with Crippen LogP contribution in [0, 0.1) is 0 Å². The molecule has 10 heteroatoms. The van der Waals surface area contributed by atoms with E-state index in [0.29, 0.717) is 29.4 Å². The van der Waals surface area contributed by atoms with Crippen molar-refractivity contribution in [2.45, 2.75) is 30.7 Å². The van der Waals surface area contributed by atoms with E-state index in [1.54, 1.807) is 19.1 Å². The molecule has 1 N–H and O–H groups in total. The minimum atomic E-state index is -3.95. The smallest absolute Gasteiger partial charge is 0.406 e. The van der Waals surface area contributed by atoms with Crippen LogP contribution in [-0.4, -0.2) is 34.2 Å². The third kappa shape index (κ3) is 6.15. The number of methoxy groups -OCH3 is 1. The van der Waals surface area contributed by atoms with Crippen LogP contribution in [-0.2, 0) is 14.8 Å². The second kappa shape index (κ2) is 10.4. The quantitative estimate of drug-likeness (QED) is 0.517. The molecule has 0 aliphatic rings. The minimum absolute atomic E-state index is 0.0810. The fraction of sp³-hybridized carbons (Fsp3) is 0.316. The lowest BCUT2D eigenvalue weighted by Crippen LogP contribution is -2.39. The summed E-state index contributed by atoms with van der Waals surface area (Å²) < 4.78 is 32.6. The van der Waals surface area contributed by atoms with E-state index in [1.807, 2.05) is 0 Å². The number of ether oxygens (including phenoxy) is 1. The van der Waals surface area contributed by atoms with Gasteiger partial charge in [0.05, 0.1) is 22.7 Å². The molecule has 1 amide bonds. The molecule has 1 unspecified atom stereocenters. The Bertz CT molecular complexity index is 952. The number of alkyl carbamates (subject to hydrolysis) is 1. The molecule has 2 aromatic carbocycles. The lowest BCUT2D eigenvalue weighted by atomic mass is 10.1. The summed E-state index contributed by atoms with van der Waals surface area (Å²) in [6.07, 6.45) is 0.446. The number of benzene rings is 2. The van der Waals surface area contributed by atoms with Crippen molar-refractivity contribution in [3.05, 3.63) is 57.5 Å². The van der Waals surface area contributed by atoms with Crippen molar-refractivity contribution in [2.75, 3.05) is 18.0 Å². The number of hydrogen-bond acceptors (Lipinski definition) is 4. The third-order valence-corrected chi connectivity index (χ3v) is 6.92. The van der Waals surface area contributed by atoms with Crippen LogP contribution in [0.25, 0.3) is 0 Å². The summed E-state index contributed by atoms with van der Waals surface area (Å²) in [5, 5.41) is 3.62. The summed E-state index contributed by atoms with van der Waals surface area (Å²) in [5.74, 6) is 0. The maximum Gasteiger partial charge on any atom is 0.406 e. The standard InChI is InChI=1S/C19H21Cl3N2O4S/c1-13(4-3-11-23-19(25)28-2)24(18-12-15(21)7-10-17(18)22)29(26,27)16-8-5-14(20)6-9-16/h5-10,12-13H,3-4,11H2,1-2H3,(H,23,25). The number of rotatable bonds is 8. The first-order valence-electron chi connectivity index (χ1n) is 8.73. The van der Waals surface area contributed by atoms with E-state index >= 15 is 0 Å². The molecule has 0 aliphatic heterocycles. The lowest BCUT2D eigenvalue weighted by Gasteiger charge is -2.31. The second-order valence-electron chi connectivity index (χ2n) is 6.26. The first-order valence-corrected chi connectivity index (χ1v) is 11.3. The molecular weight excluding hydrogens is 459 g/mol. The van der Waals surface area contributed by atoms with Gasteiger partial charge in [-0.25, -0.2) is 13.2 Å². The molecule has 2 rings (SSSR count). The van der Waals surface area contributed by atoms with Gasteiger partial charge in [-0.1, -0.05) is 34.8 Å². The number of sulfonamides is 1. The Kier molecular flexibility index (Phi) is 8.46. The summed E-state index contributed by atoms with van der Waals surface area (Å²) in [6.45, 7) is 2.11. The Morgan fingerprint density at radius 3 is 2.34 bits per heavy atom. The number of nitrogens with zero attached hydrogens (tertiary/aromatic N) is 1. The SMILES string of the molecule is COC(=O)NCCCC(C)N(c1cc(Cl)ccc1Cl)S(=O)(=O)c1ccc(Cl)cc1. The molecule has 0 spiro atoms. The van der Waals surface area contributed by atoms with Gasteiger partial charge in [-0.3, -0.25) is 4.31 Å². The number of carbonyl (C=O) groups excluding carboxylic acids is 1. The maximum absolute atomic E-state index is 13.4. The predicted octanol–water partition coefficient (Wildman–Crippen LogP) is 5.37. The second-order valence-corrected chi connectivity index (χ2v) is 9.36. The first-order chi connectivity index (χ1) is 13.7. The molecule has 0 bridgehead atoms. The highest BCUT2D eigenvalue weighted by molar-refractivity contribution is 7.92. The van der Waals surface area contributed by atoms with E-state index in [2.05, 4.69) is 10.1 Å². The van der Waals surface area contributed by atoms with Crippen LogP contribution in [0.2, 0.25) is 15.1 Å². The number of amides is 1. The molecule has 0 fully saturated rings. The van der Waals surface area contributed by atoms with Gasteiger partial charge >= 0.3 is 6.09 Å². The molecule has 158 valence electrons. The van der Waals surface area contributed by atoms with Crippen molar-refractivity contribution in [3.8, 4) is 0 Å². The molecule has 0 heterocycles. The van der Waals surface area contributed by atoms with Gasteiger partial charge < -0.3 is 10.1 Å². The normalized spacial score (nSPS) is 12.3. The molecule has 0 radical (unpaired) electrons. The summed E-state index contributed by atoms with van der Waals surface area (Å²) in [6, 6.07) is 10.1. The fourth-order valence-corrected chi connectivity index (χ4v) is 5.00. The van der Waals surface area contributed by atoms with Crippen LogP contribution in [0.4, 0.5) is 10.5 Å². The molecule has 1 atom stereocenters. The molecular formula is C19H21Cl3N2O4S. The van der Waals surface area contributed by atoms with Gasteiger partial charge in [-0.15, -0.1) is 0 Å². The van der Waals surface area contributed by atoms with E-state index in [4.69, 9.17) is 34.8 Å². The van der Waals surface area contributed by atoms with Crippen molar-refractivity contribution in [1.29, 1.82) is 0 Å². The number of anilines is 1. The van der Waals surface area contributed by atoms with Crippen LogP contribution >= 0.6 is 34.8 Å². The lowest BCUT2D eigenvalue weighted by molar-refractivity contribution is 0.171. The number of hydrogen-bond donors (Lipinski definition) is 1. The van der Waals surface area contributed by atoms with Crippen molar-refractivity contribution in [2.24, 2.45) is 0 Å². The largest absolute Gasteiger partial charge is 0.453 e. The van der Waals surface area contributed by atoms with Gasteiger partial charge in [0.1, 0.15) is 0 Å². The summed E-state index contributed by atoms with van der Waals surface area (Å²) in [7, 11) is -2.67. The summed E-state index contributed by atoms with van der Waals surface area (Å²) in [4.78, 5) is 11.3. The molecule has 0 saturated carbocycles. The summed E-state index contributed by atoms with van der Waals surface area (Å²) in [5.41, 5.74) is 0.280. The highest BCUT2D eigenvalue weighted by atomic mass is 35.5. The van der Waals surface area contributed by atoms with Crippen LogP contribution in [0.1, 0.15) is 19.8 Å². The average molecular weight is 480 g/mol. The van der Waals surface area contributed by atoms with Gasteiger partial charge in [0.15, 0.2) is 0 Å². The summed E-state index contributed by atoms with van der Waals surface area (Å²) >= 11 is 18.3. The monoisotopic (exact) mass is 478 g/mol. The molecule has 0 saturated heterocycles. The topological polar surface area (TPSA) is 75.7 Å². The van der Waals surface area contributed by atoms with Crippen LogP contribution in [0.3, 0.4) is 0 Å². The minimum Gasteiger partial charge on any atom is -0.453 e. The van der Waals surface area contributed by atoms with Gasteiger partial charge in [-0.2, -0.15) is 0 Å². The van der Waals surface area contributed by atoms with E-state index in [9.17, 15) is 13.2 Å². The van der Waals surface area contributed by atoms with Crippen molar-refractivity contribution < 1.29 is 17.9 Å².